The van der Waals surface area contributed by atoms with Crippen molar-refractivity contribution < 1.29 is 9.59 Å². The number of aldehydes is 2. The number of rotatable bonds is 2. The highest BCUT2D eigenvalue weighted by molar-refractivity contribution is 7.38. The Hall–Kier alpha value is -1.00. The van der Waals surface area contributed by atoms with Crippen molar-refractivity contribution in [3.63, 3.8) is 0 Å². The van der Waals surface area contributed by atoms with Gasteiger partial charge in [0.25, 0.3) is 0 Å². The van der Waals surface area contributed by atoms with Crippen LogP contribution in [-0.4, -0.2) is 12.6 Å². The van der Waals surface area contributed by atoms with Crippen LogP contribution in [0, 0.1) is 0 Å². The molecule has 2 aromatic heterocycles. The van der Waals surface area contributed by atoms with Gasteiger partial charge in [0.2, 0.25) is 0 Å². The van der Waals surface area contributed by atoms with E-state index in [0.29, 0.717) is 10.4 Å². The second-order valence-corrected chi connectivity index (χ2v) is 4.50. The topological polar surface area (TPSA) is 34.1 Å². The molecular formula is C8H4O2S2. The van der Waals surface area contributed by atoms with E-state index in [1.54, 1.807) is 6.07 Å². The van der Waals surface area contributed by atoms with E-state index < -0.39 is 0 Å². The Bertz CT molecular complexity index is 439. The summed E-state index contributed by atoms with van der Waals surface area (Å²) < 4.78 is 1.04. The van der Waals surface area contributed by atoms with Crippen LogP contribution in [0.1, 0.15) is 20.0 Å². The lowest BCUT2D eigenvalue weighted by Gasteiger charge is -1.76. The van der Waals surface area contributed by atoms with Gasteiger partial charge >= 0.3 is 0 Å². The van der Waals surface area contributed by atoms with Crippen molar-refractivity contribution in [1.82, 2.24) is 0 Å². The first kappa shape index (κ1) is 7.64. The third-order valence-corrected chi connectivity index (χ3v) is 3.76. The maximum Gasteiger partial charge on any atom is 0.160 e. The van der Waals surface area contributed by atoms with Crippen LogP contribution in [0.25, 0.3) is 9.40 Å². The van der Waals surface area contributed by atoms with Crippen LogP contribution in [0.5, 0.6) is 0 Å². The average Bonchev–Trinajstić information content (AvgIpc) is 2.61. The first-order chi connectivity index (χ1) is 5.85. The predicted molar refractivity (Wildman–Crippen MR) is 50.5 cm³/mol. The number of fused-ring (bicyclic) bond motifs is 1. The molecular weight excluding hydrogens is 192 g/mol. The summed E-state index contributed by atoms with van der Waals surface area (Å²) in [5.74, 6) is 0. The Morgan fingerprint density at radius 3 is 2.75 bits per heavy atom. The maximum absolute atomic E-state index is 10.5. The minimum absolute atomic E-state index is 0.680. The largest absolute Gasteiger partial charge is 0.298 e. The summed E-state index contributed by atoms with van der Waals surface area (Å²) in [4.78, 5) is 21.6. The van der Waals surface area contributed by atoms with Gasteiger partial charge in [-0.1, -0.05) is 0 Å². The molecule has 0 unspecified atom stereocenters. The zero-order valence-electron chi connectivity index (χ0n) is 5.94. The van der Waals surface area contributed by atoms with Gasteiger partial charge in [0, 0.05) is 16.3 Å². The van der Waals surface area contributed by atoms with Crippen LogP contribution in [-0.2, 0) is 0 Å². The summed E-state index contributed by atoms with van der Waals surface area (Å²) in [6, 6.07) is 1.76. The number of carbonyl (C=O) groups is 2. The molecule has 60 valence electrons. The zero-order chi connectivity index (χ0) is 8.55. The molecule has 4 heteroatoms. The van der Waals surface area contributed by atoms with E-state index in [-0.39, 0.29) is 0 Å². The molecule has 0 N–H and O–H groups in total. The van der Waals surface area contributed by atoms with Crippen molar-refractivity contribution >= 4 is 44.6 Å². The van der Waals surface area contributed by atoms with Gasteiger partial charge in [-0.05, 0) is 6.07 Å². The highest BCUT2D eigenvalue weighted by Crippen LogP contribution is 2.32. The van der Waals surface area contributed by atoms with Gasteiger partial charge in [0.15, 0.2) is 12.6 Å². The molecule has 2 nitrogen and oxygen atoms in total. The smallest absolute Gasteiger partial charge is 0.160 e. The van der Waals surface area contributed by atoms with Gasteiger partial charge in [-0.2, -0.15) is 0 Å². The molecule has 0 saturated heterocycles. The third-order valence-electron chi connectivity index (χ3n) is 1.56. The molecule has 0 aliphatic heterocycles. The molecule has 12 heavy (non-hydrogen) atoms. The molecule has 2 heterocycles. The SMILES string of the molecule is O=Cc1cc2c(C=O)csc2s1. The molecule has 2 aromatic rings. The number of hydrogen-bond donors (Lipinski definition) is 0. The molecule has 0 aliphatic rings. The highest BCUT2D eigenvalue weighted by Gasteiger charge is 2.06. The fraction of sp³-hybridized carbons (Fsp3) is 0. The monoisotopic (exact) mass is 196 g/mol. The minimum atomic E-state index is 0.680. The average molecular weight is 196 g/mol. The molecule has 0 saturated carbocycles. The van der Waals surface area contributed by atoms with E-state index in [9.17, 15) is 9.59 Å². The summed E-state index contributed by atoms with van der Waals surface area (Å²) in [5, 5.41) is 2.71. The second kappa shape index (κ2) is 2.80. The summed E-state index contributed by atoms with van der Waals surface area (Å²) in [6.45, 7) is 0. The van der Waals surface area contributed by atoms with Gasteiger partial charge in [0.1, 0.15) is 0 Å². The van der Waals surface area contributed by atoms with E-state index in [2.05, 4.69) is 0 Å². The van der Waals surface area contributed by atoms with Crippen molar-refractivity contribution in [2.45, 2.75) is 0 Å². The van der Waals surface area contributed by atoms with Gasteiger partial charge in [-0.25, -0.2) is 0 Å². The van der Waals surface area contributed by atoms with Gasteiger partial charge < -0.3 is 0 Å². The Morgan fingerprint density at radius 2 is 2.08 bits per heavy atom. The normalized spacial score (nSPS) is 10.3. The number of hydrogen-bond acceptors (Lipinski definition) is 4. The van der Waals surface area contributed by atoms with Crippen LogP contribution in [0.3, 0.4) is 0 Å². The lowest BCUT2D eigenvalue weighted by molar-refractivity contribution is 0.111. The third kappa shape index (κ3) is 1.00. The molecule has 0 bridgehead atoms. The first-order valence-electron chi connectivity index (χ1n) is 3.26. The van der Waals surface area contributed by atoms with Crippen molar-refractivity contribution in [3.8, 4) is 0 Å². The van der Waals surface area contributed by atoms with Crippen molar-refractivity contribution in [1.29, 1.82) is 0 Å². The molecule has 0 amide bonds. The fourth-order valence-corrected chi connectivity index (χ4v) is 3.08. The molecule has 0 atom stereocenters. The Kier molecular flexibility index (Phi) is 1.78. The summed E-state index contributed by atoms with van der Waals surface area (Å²) >= 11 is 2.93. The van der Waals surface area contributed by atoms with Crippen LogP contribution in [0.4, 0.5) is 0 Å². The molecule has 0 spiro atoms. The predicted octanol–water partition coefficient (Wildman–Crippen LogP) is 2.59. The Balaban J connectivity index is 2.75. The molecule has 0 fully saturated rings. The number of carbonyl (C=O) groups excluding carboxylic acids is 2. The van der Waals surface area contributed by atoms with Gasteiger partial charge in [-0.15, -0.1) is 22.7 Å². The van der Waals surface area contributed by atoms with Crippen LogP contribution >= 0.6 is 22.7 Å². The quantitative estimate of drug-likeness (QED) is 0.692. The Morgan fingerprint density at radius 1 is 1.25 bits per heavy atom. The van der Waals surface area contributed by atoms with Crippen LogP contribution in [0.2, 0.25) is 0 Å². The first-order valence-corrected chi connectivity index (χ1v) is 4.96. The van der Waals surface area contributed by atoms with Gasteiger partial charge in [0.05, 0.1) is 8.89 Å². The van der Waals surface area contributed by atoms with Crippen molar-refractivity contribution in [2.24, 2.45) is 0 Å². The Labute approximate surface area is 76.4 Å². The number of thiophene rings is 2. The lowest BCUT2D eigenvalue weighted by Crippen LogP contribution is -1.71. The van der Waals surface area contributed by atoms with E-state index >= 15 is 0 Å². The van der Waals surface area contributed by atoms with E-state index in [4.69, 9.17) is 0 Å². The molecule has 0 radical (unpaired) electrons. The summed E-state index contributed by atoms with van der Waals surface area (Å²) in [6.07, 6.45) is 1.63. The van der Waals surface area contributed by atoms with Crippen molar-refractivity contribution in [3.05, 3.63) is 21.9 Å². The second-order valence-electron chi connectivity index (χ2n) is 2.28. The van der Waals surface area contributed by atoms with Crippen molar-refractivity contribution in [2.75, 3.05) is 0 Å². The lowest BCUT2D eigenvalue weighted by atomic mass is 10.2. The van der Waals surface area contributed by atoms with E-state index in [1.165, 1.54) is 22.7 Å². The van der Waals surface area contributed by atoms with Gasteiger partial charge in [-0.3, -0.25) is 9.59 Å². The van der Waals surface area contributed by atoms with E-state index in [0.717, 1.165) is 22.0 Å². The summed E-state index contributed by atoms with van der Waals surface area (Å²) in [7, 11) is 0. The molecule has 0 aromatic carbocycles. The summed E-state index contributed by atoms with van der Waals surface area (Å²) in [5.41, 5.74) is 0.680. The minimum Gasteiger partial charge on any atom is -0.298 e. The highest BCUT2D eigenvalue weighted by atomic mass is 32.2. The van der Waals surface area contributed by atoms with Crippen LogP contribution in [0.15, 0.2) is 11.4 Å². The molecule has 0 aliphatic carbocycles. The molecule has 2 rings (SSSR count). The van der Waals surface area contributed by atoms with E-state index in [1.807, 2.05) is 5.38 Å². The fourth-order valence-electron chi connectivity index (χ4n) is 1.01. The van der Waals surface area contributed by atoms with Crippen LogP contribution < -0.4 is 0 Å². The zero-order valence-corrected chi connectivity index (χ0v) is 7.58. The standard InChI is InChI=1S/C8H4O2S2/c9-2-5-4-11-8-7(5)1-6(3-10)12-8/h1-4H. The maximum atomic E-state index is 10.5.